The second kappa shape index (κ2) is 6.66. The number of aromatic nitrogens is 2. The molecule has 0 unspecified atom stereocenters. The molecule has 0 spiro atoms. The molecule has 2 amide bonds. The van der Waals surface area contributed by atoms with Gasteiger partial charge in [-0.1, -0.05) is 24.0 Å². The third-order valence-corrected chi connectivity index (χ3v) is 2.21. The smallest absolute Gasteiger partial charge is 0.332 e. The maximum absolute atomic E-state index is 10.4. The topological polar surface area (TPSA) is 93.3 Å². The number of nitrogens with one attached hydrogen (secondary N) is 1. The van der Waals surface area contributed by atoms with E-state index in [0.29, 0.717) is 0 Å². The molecule has 0 saturated carbocycles. The Balaban J connectivity index is 2.04. The summed E-state index contributed by atoms with van der Waals surface area (Å²) in [6.45, 7) is 0. The molecular formula is C14H11N5O. The Bertz CT molecular complexity index is 668. The second-order valence-corrected chi connectivity index (χ2v) is 3.73. The number of hydrazone groups is 1. The predicted octanol–water partition coefficient (Wildman–Crippen LogP) is 0.879. The van der Waals surface area contributed by atoms with Crippen LogP contribution in [0.3, 0.4) is 0 Å². The number of primary amides is 1. The third kappa shape index (κ3) is 4.23. The van der Waals surface area contributed by atoms with Crippen molar-refractivity contribution in [2.24, 2.45) is 10.8 Å². The Morgan fingerprint density at radius 1 is 1.15 bits per heavy atom. The monoisotopic (exact) mass is 265 g/mol. The summed E-state index contributed by atoms with van der Waals surface area (Å²) in [4.78, 5) is 18.2. The maximum atomic E-state index is 10.4. The molecule has 6 nitrogen and oxygen atoms in total. The van der Waals surface area contributed by atoms with Gasteiger partial charge in [0.1, 0.15) is 6.33 Å². The van der Waals surface area contributed by atoms with Crippen molar-refractivity contribution in [3.63, 3.8) is 0 Å². The van der Waals surface area contributed by atoms with Crippen LogP contribution >= 0.6 is 0 Å². The number of nitrogens with two attached hydrogens (primary N) is 1. The van der Waals surface area contributed by atoms with Gasteiger partial charge in [-0.25, -0.2) is 20.2 Å². The van der Waals surface area contributed by atoms with E-state index in [2.05, 4.69) is 32.3 Å². The minimum absolute atomic E-state index is 0.700. The Labute approximate surface area is 115 Å². The number of nitrogens with zero attached hydrogens (tertiary/aromatic N) is 3. The zero-order valence-corrected chi connectivity index (χ0v) is 10.4. The summed E-state index contributed by atoms with van der Waals surface area (Å²) < 4.78 is 0. The fraction of sp³-hybridized carbons (Fsp3) is 0. The zero-order valence-electron chi connectivity index (χ0n) is 10.4. The molecule has 0 bridgehead atoms. The van der Waals surface area contributed by atoms with Crippen molar-refractivity contribution in [1.82, 2.24) is 15.4 Å². The summed E-state index contributed by atoms with van der Waals surface area (Å²) in [7, 11) is 0. The van der Waals surface area contributed by atoms with E-state index < -0.39 is 6.03 Å². The van der Waals surface area contributed by atoms with Crippen LogP contribution in [0.1, 0.15) is 16.7 Å². The van der Waals surface area contributed by atoms with Crippen molar-refractivity contribution in [3.05, 3.63) is 59.7 Å². The molecule has 0 aliphatic rings. The minimum Gasteiger partial charge on any atom is -0.350 e. The average molecular weight is 265 g/mol. The summed E-state index contributed by atoms with van der Waals surface area (Å²) in [5.41, 5.74) is 9.44. The van der Waals surface area contributed by atoms with Crippen molar-refractivity contribution in [2.45, 2.75) is 0 Å². The van der Waals surface area contributed by atoms with Gasteiger partial charge in [0.05, 0.1) is 11.8 Å². The number of hydrogen-bond acceptors (Lipinski definition) is 4. The van der Waals surface area contributed by atoms with Crippen molar-refractivity contribution >= 4 is 12.2 Å². The lowest BCUT2D eigenvalue weighted by Crippen LogP contribution is -2.24. The minimum atomic E-state index is -0.700. The van der Waals surface area contributed by atoms with E-state index in [-0.39, 0.29) is 0 Å². The Kier molecular flexibility index (Phi) is 4.41. The number of benzene rings is 1. The summed E-state index contributed by atoms with van der Waals surface area (Å²) in [5.74, 6) is 5.95. The first-order valence-corrected chi connectivity index (χ1v) is 5.69. The van der Waals surface area contributed by atoms with E-state index in [1.165, 1.54) is 12.5 Å². The van der Waals surface area contributed by atoms with Gasteiger partial charge in [0, 0.05) is 18.0 Å². The molecule has 98 valence electrons. The number of hydrogen-bond donors (Lipinski definition) is 2. The highest BCUT2D eigenvalue weighted by atomic mass is 16.2. The molecule has 0 aliphatic heterocycles. The molecule has 20 heavy (non-hydrogen) atoms. The number of urea groups is 1. The van der Waals surface area contributed by atoms with Gasteiger partial charge in [-0.15, -0.1) is 0 Å². The van der Waals surface area contributed by atoms with E-state index >= 15 is 0 Å². The van der Waals surface area contributed by atoms with E-state index in [1.807, 2.05) is 24.3 Å². The first kappa shape index (κ1) is 13.2. The standard InChI is InChI=1S/C14H11N5O/c15-14(20)19-18-9-12-4-1-11(2-5-12)3-6-13-7-16-10-17-8-13/h1-2,4-5,7-10H,(H3,15,19,20). The summed E-state index contributed by atoms with van der Waals surface area (Å²) in [5, 5.41) is 3.66. The van der Waals surface area contributed by atoms with Crippen LogP contribution in [0.4, 0.5) is 4.79 Å². The molecule has 0 atom stereocenters. The molecule has 0 aliphatic carbocycles. The molecule has 6 heteroatoms. The summed E-state index contributed by atoms with van der Waals surface area (Å²) >= 11 is 0. The van der Waals surface area contributed by atoms with Crippen LogP contribution in [0.2, 0.25) is 0 Å². The highest BCUT2D eigenvalue weighted by molar-refractivity contribution is 5.81. The fourth-order valence-corrected chi connectivity index (χ4v) is 1.33. The molecule has 1 aromatic carbocycles. The lowest BCUT2D eigenvalue weighted by Gasteiger charge is -1.94. The second-order valence-electron chi connectivity index (χ2n) is 3.73. The Morgan fingerprint density at radius 2 is 1.80 bits per heavy atom. The number of amides is 2. The zero-order chi connectivity index (χ0) is 14.2. The first-order chi connectivity index (χ1) is 9.74. The number of rotatable bonds is 2. The third-order valence-electron chi connectivity index (χ3n) is 2.21. The van der Waals surface area contributed by atoms with Crippen LogP contribution in [0.25, 0.3) is 0 Å². The summed E-state index contributed by atoms with van der Waals surface area (Å²) in [6.07, 6.45) is 6.25. The van der Waals surface area contributed by atoms with Gasteiger partial charge >= 0.3 is 6.03 Å². The molecule has 2 rings (SSSR count). The number of carbonyl (C=O) groups excluding carboxylic acids is 1. The quantitative estimate of drug-likeness (QED) is 0.479. The first-order valence-electron chi connectivity index (χ1n) is 5.69. The largest absolute Gasteiger partial charge is 0.350 e. The molecule has 1 aromatic heterocycles. The van der Waals surface area contributed by atoms with Crippen molar-refractivity contribution < 1.29 is 4.79 Å². The number of carbonyl (C=O) groups is 1. The van der Waals surface area contributed by atoms with E-state index in [9.17, 15) is 4.79 Å². The average Bonchev–Trinajstić information content (AvgIpc) is 2.47. The normalized spacial score (nSPS) is 9.80. The Hall–Kier alpha value is -3.20. The highest BCUT2D eigenvalue weighted by Crippen LogP contribution is 2.01. The van der Waals surface area contributed by atoms with Crippen LogP contribution < -0.4 is 11.2 Å². The molecule has 2 aromatic rings. The lowest BCUT2D eigenvalue weighted by atomic mass is 10.1. The van der Waals surface area contributed by atoms with Gasteiger partial charge in [-0.2, -0.15) is 5.10 Å². The maximum Gasteiger partial charge on any atom is 0.332 e. The predicted molar refractivity (Wildman–Crippen MR) is 74.8 cm³/mol. The van der Waals surface area contributed by atoms with Gasteiger partial charge in [0.15, 0.2) is 0 Å². The Morgan fingerprint density at radius 3 is 2.45 bits per heavy atom. The SMILES string of the molecule is NC(=O)NN=Cc1ccc(C#Cc2cncnc2)cc1. The van der Waals surface area contributed by atoms with Crippen LogP contribution in [0, 0.1) is 11.8 Å². The van der Waals surface area contributed by atoms with Crippen LogP contribution in [-0.2, 0) is 0 Å². The highest BCUT2D eigenvalue weighted by Gasteiger charge is 1.90. The van der Waals surface area contributed by atoms with Crippen molar-refractivity contribution in [1.29, 1.82) is 0 Å². The molecule has 0 fully saturated rings. The van der Waals surface area contributed by atoms with Gasteiger partial charge in [0.25, 0.3) is 0 Å². The van der Waals surface area contributed by atoms with Crippen molar-refractivity contribution in [3.8, 4) is 11.8 Å². The van der Waals surface area contributed by atoms with E-state index in [0.717, 1.165) is 16.7 Å². The summed E-state index contributed by atoms with van der Waals surface area (Å²) in [6, 6.07) is 6.66. The van der Waals surface area contributed by atoms with Gasteiger partial charge < -0.3 is 5.73 Å². The molecular weight excluding hydrogens is 254 g/mol. The van der Waals surface area contributed by atoms with Crippen molar-refractivity contribution in [2.75, 3.05) is 0 Å². The molecule has 1 heterocycles. The van der Waals surface area contributed by atoms with E-state index in [1.54, 1.807) is 12.4 Å². The van der Waals surface area contributed by atoms with E-state index in [4.69, 9.17) is 5.73 Å². The van der Waals surface area contributed by atoms with Gasteiger partial charge in [-0.3, -0.25) is 0 Å². The van der Waals surface area contributed by atoms with Crippen LogP contribution in [-0.4, -0.2) is 22.2 Å². The van der Waals surface area contributed by atoms with Gasteiger partial charge in [0.2, 0.25) is 0 Å². The van der Waals surface area contributed by atoms with Gasteiger partial charge in [-0.05, 0) is 17.7 Å². The van der Waals surface area contributed by atoms with Crippen LogP contribution in [0.15, 0.2) is 48.1 Å². The fourth-order valence-electron chi connectivity index (χ4n) is 1.33. The molecule has 0 saturated heterocycles. The lowest BCUT2D eigenvalue weighted by molar-refractivity contribution is 0.249. The van der Waals surface area contributed by atoms with Crippen LogP contribution in [0.5, 0.6) is 0 Å². The molecule has 0 radical (unpaired) electrons. The molecule has 3 N–H and O–H groups in total.